The highest BCUT2D eigenvalue weighted by Gasteiger charge is 2.72. The van der Waals surface area contributed by atoms with Crippen LogP contribution in [0, 0.1) is 0 Å². The van der Waals surface area contributed by atoms with Gasteiger partial charge in [-0.15, -0.1) is 0 Å². The predicted molar refractivity (Wildman–Crippen MR) is 76.5 cm³/mol. The first-order valence-corrected chi connectivity index (χ1v) is 7.14. The molecule has 6 heteroatoms. The molecule has 2 fully saturated rings. The standard InChI is InChI=1S/C16H19NO5/c1-10(18)17-13-12(21-15(17,2)3)16(22-13,14(19)20-4)11-8-6-5-7-9-11/h5-9,12-13H,1-4H3/t12-,13-,16+/m0/s1. The summed E-state index contributed by atoms with van der Waals surface area (Å²) in [6.07, 6.45) is -1.19. The Kier molecular flexibility index (Phi) is 3.27. The van der Waals surface area contributed by atoms with Gasteiger partial charge in [-0.05, 0) is 19.4 Å². The fourth-order valence-electron chi connectivity index (χ4n) is 3.36. The molecule has 22 heavy (non-hydrogen) atoms. The van der Waals surface area contributed by atoms with Crippen molar-refractivity contribution >= 4 is 11.9 Å². The van der Waals surface area contributed by atoms with E-state index in [1.807, 2.05) is 18.2 Å². The maximum atomic E-state index is 12.4. The second-order valence-corrected chi connectivity index (χ2v) is 5.98. The molecule has 0 saturated carbocycles. The number of carbonyl (C=O) groups is 2. The van der Waals surface area contributed by atoms with Crippen molar-refractivity contribution < 1.29 is 23.8 Å². The highest BCUT2D eigenvalue weighted by Crippen LogP contribution is 2.53. The van der Waals surface area contributed by atoms with Crippen LogP contribution in [0.15, 0.2) is 30.3 Å². The SMILES string of the molecule is COC(=O)[C@]1(c2ccccc2)O[C@H]2[C@@H]1OC(C)(C)N2C(C)=O. The zero-order valence-corrected chi connectivity index (χ0v) is 13.0. The summed E-state index contributed by atoms with van der Waals surface area (Å²) in [4.78, 5) is 25.8. The average molecular weight is 305 g/mol. The number of rotatable bonds is 2. The van der Waals surface area contributed by atoms with Crippen molar-refractivity contribution in [1.82, 2.24) is 4.90 Å². The van der Waals surface area contributed by atoms with E-state index in [1.54, 1.807) is 26.0 Å². The van der Waals surface area contributed by atoms with E-state index >= 15 is 0 Å². The van der Waals surface area contributed by atoms with Gasteiger partial charge < -0.3 is 14.2 Å². The third-order valence-corrected chi connectivity index (χ3v) is 4.25. The fraction of sp³-hybridized carbons (Fsp3) is 0.500. The lowest BCUT2D eigenvalue weighted by Gasteiger charge is -2.49. The second kappa shape index (κ2) is 4.79. The van der Waals surface area contributed by atoms with Gasteiger partial charge in [-0.25, -0.2) is 4.79 Å². The van der Waals surface area contributed by atoms with Crippen molar-refractivity contribution in [3.63, 3.8) is 0 Å². The highest BCUT2D eigenvalue weighted by atomic mass is 16.7. The first-order chi connectivity index (χ1) is 10.3. The van der Waals surface area contributed by atoms with Crippen LogP contribution in [0.3, 0.4) is 0 Å². The molecule has 0 bridgehead atoms. The van der Waals surface area contributed by atoms with Crippen LogP contribution in [0.2, 0.25) is 0 Å². The first-order valence-electron chi connectivity index (χ1n) is 7.14. The van der Waals surface area contributed by atoms with Crippen LogP contribution >= 0.6 is 0 Å². The molecule has 0 radical (unpaired) electrons. The number of hydrogen-bond donors (Lipinski definition) is 0. The van der Waals surface area contributed by atoms with E-state index in [2.05, 4.69) is 0 Å². The summed E-state index contributed by atoms with van der Waals surface area (Å²) >= 11 is 0. The molecule has 0 spiro atoms. The molecule has 3 rings (SSSR count). The normalized spacial score (nSPS) is 32.1. The maximum Gasteiger partial charge on any atom is 0.345 e. The number of carbonyl (C=O) groups excluding carboxylic acids is 2. The molecule has 3 atom stereocenters. The Balaban J connectivity index is 2.04. The van der Waals surface area contributed by atoms with Gasteiger partial charge in [0.05, 0.1) is 7.11 Å². The van der Waals surface area contributed by atoms with Crippen LogP contribution < -0.4 is 0 Å². The minimum absolute atomic E-state index is 0.163. The molecule has 1 aromatic carbocycles. The molecule has 1 aromatic rings. The molecule has 2 saturated heterocycles. The zero-order chi connectivity index (χ0) is 16.1. The molecule has 0 aromatic heterocycles. The number of nitrogens with zero attached hydrogens (tertiary/aromatic N) is 1. The summed E-state index contributed by atoms with van der Waals surface area (Å²) in [5, 5.41) is 0. The van der Waals surface area contributed by atoms with E-state index in [0.29, 0.717) is 5.56 Å². The van der Waals surface area contributed by atoms with E-state index < -0.39 is 29.6 Å². The molecule has 2 heterocycles. The lowest BCUT2D eigenvalue weighted by atomic mass is 9.82. The third-order valence-electron chi connectivity index (χ3n) is 4.25. The van der Waals surface area contributed by atoms with Crippen molar-refractivity contribution in [3.05, 3.63) is 35.9 Å². The van der Waals surface area contributed by atoms with Gasteiger partial charge in [0.2, 0.25) is 11.5 Å². The van der Waals surface area contributed by atoms with E-state index in [4.69, 9.17) is 14.2 Å². The largest absolute Gasteiger partial charge is 0.467 e. The lowest BCUT2D eigenvalue weighted by Crippen LogP contribution is -2.68. The Morgan fingerprint density at radius 3 is 2.36 bits per heavy atom. The maximum absolute atomic E-state index is 12.4. The van der Waals surface area contributed by atoms with Crippen LogP contribution in [0.1, 0.15) is 26.3 Å². The molecular formula is C16H19NO5. The fourth-order valence-corrected chi connectivity index (χ4v) is 3.36. The van der Waals surface area contributed by atoms with Gasteiger partial charge >= 0.3 is 5.97 Å². The zero-order valence-electron chi connectivity index (χ0n) is 13.0. The molecule has 2 aliphatic rings. The summed E-state index contributed by atoms with van der Waals surface area (Å²) in [5.41, 5.74) is -1.52. The number of ether oxygens (including phenoxy) is 3. The summed E-state index contributed by atoms with van der Waals surface area (Å²) in [5.74, 6) is -0.690. The summed E-state index contributed by atoms with van der Waals surface area (Å²) in [7, 11) is 1.31. The van der Waals surface area contributed by atoms with Crippen molar-refractivity contribution in [2.45, 2.75) is 44.4 Å². The average Bonchev–Trinajstić information content (AvgIpc) is 2.69. The smallest absolute Gasteiger partial charge is 0.345 e. The molecule has 2 aliphatic heterocycles. The van der Waals surface area contributed by atoms with Crippen LogP contribution in [-0.4, -0.2) is 41.9 Å². The topological polar surface area (TPSA) is 65.1 Å². The Morgan fingerprint density at radius 1 is 1.18 bits per heavy atom. The second-order valence-electron chi connectivity index (χ2n) is 5.98. The quantitative estimate of drug-likeness (QED) is 0.773. The number of methoxy groups -OCH3 is 1. The summed E-state index contributed by atoms with van der Waals surface area (Å²) in [6.45, 7) is 5.02. The Labute approximate surface area is 128 Å². The monoisotopic (exact) mass is 305 g/mol. The van der Waals surface area contributed by atoms with E-state index in [-0.39, 0.29) is 5.91 Å². The van der Waals surface area contributed by atoms with Gasteiger partial charge in [0.1, 0.15) is 11.8 Å². The molecule has 0 aliphatic carbocycles. The van der Waals surface area contributed by atoms with Crippen molar-refractivity contribution in [1.29, 1.82) is 0 Å². The number of amides is 1. The number of benzene rings is 1. The van der Waals surface area contributed by atoms with Crippen LogP contribution in [0.4, 0.5) is 0 Å². The minimum atomic E-state index is -1.33. The lowest BCUT2D eigenvalue weighted by molar-refractivity contribution is -0.293. The van der Waals surface area contributed by atoms with Gasteiger partial charge in [0.25, 0.3) is 0 Å². The third kappa shape index (κ3) is 1.80. The Morgan fingerprint density at radius 2 is 1.82 bits per heavy atom. The number of fused-ring (bicyclic) bond motifs is 1. The Bertz CT molecular complexity index is 614. The van der Waals surface area contributed by atoms with Crippen LogP contribution in [0.5, 0.6) is 0 Å². The van der Waals surface area contributed by atoms with Crippen molar-refractivity contribution in [3.8, 4) is 0 Å². The van der Waals surface area contributed by atoms with Gasteiger partial charge in [-0.2, -0.15) is 0 Å². The van der Waals surface area contributed by atoms with Crippen LogP contribution in [0.25, 0.3) is 0 Å². The Hall–Kier alpha value is -1.92. The van der Waals surface area contributed by atoms with Gasteiger partial charge in [-0.3, -0.25) is 9.69 Å². The molecule has 118 valence electrons. The van der Waals surface area contributed by atoms with E-state index in [0.717, 1.165) is 0 Å². The first kappa shape index (κ1) is 15.0. The predicted octanol–water partition coefficient (Wildman–Crippen LogP) is 1.39. The van der Waals surface area contributed by atoms with Crippen molar-refractivity contribution in [2.75, 3.05) is 7.11 Å². The number of esters is 1. The molecule has 0 N–H and O–H groups in total. The van der Waals surface area contributed by atoms with Gasteiger partial charge in [-0.1, -0.05) is 30.3 Å². The number of hydrogen-bond acceptors (Lipinski definition) is 5. The summed E-state index contributed by atoms with van der Waals surface area (Å²) in [6, 6.07) is 9.07. The van der Waals surface area contributed by atoms with Crippen molar-refractivity contribution in [2.24, 2.45) is 0 Å². The van der Waals surface area contributed by atoms with Gasteiger partial charge in [0.15, 0.2) is 6.23 Å². The molecule has 1 amide bonds. The van der Waals surface area contributed by atoms with E-state index in [1.165, 1.54) is 18.9 Å². The minimum Gasteiger partial charge on any atom is -0.467 e. The summed E-state index contributed by atoms with van der Waals surface area (Å²) < 4.78 is 16.8. The molecule has 0 unspecified atom stereocenters. The molecular weight excluding hydrogens is 286 g/mol. The van der Waals surface area contributed by atoms with Crippen LogP contribution in [-0.2, 0) is 29.4 Å². The van der Waals surface area contributed by atoms with E-state index in [9.17, 15) is 9.59 Å². The molecule has 6 nitrogen and oxygen atoms in total. The van der Waals surface area contributed by atoms with Gasteiger partial charge in [0, 0.05) is 6.92 Å². The highest BCUT2D eigenvalue weighted by molar-refractivity contribution is 5.84.